The molecule has 0 spiro atoms. The molecule has 0 fully saturated rings. The Kier molecular flexibility index (Phi) is 11.7. The van der Waals surface area contributed by atoms with E-state index in [-0.39, 0.29) is 5.96 Å². The van der Waals surface area contributed by atoms with Crippen LogP contribution in [0.4, 0.5) is 0 Å². The number of nitrogens with zero attached hydrogens (tertiary/aromatic N) is 3. The Balaban J connectivity index is 1.72. The molecule has 0 aromatic carbocycles. The van der Waals surface area contributed by atoms with Crippen LogP contribution in [0, 0.1) is 5.41 Å². The SMILES string of the molecule is CCCCCCCCCCCCCCCCC1=NC(=N)N=N1. The summed E-state index contributed by atoms with van der Waals surface area (Å²) in [5.41, 5.74) is 0. The molecule has 0 saturated heterocycles. The predicted molar refractivity (Wildman–Crippen MR) is 94.9 cm³/mol. The van der Waals surface area contributed by atoms with Gasteiger partial charge < -0.3 is 0 Å². The standard InChI is InChI=1S/C18H34N4/c1-2-3-4-5-6-7-8-9-10-11-12-13-14-15-16-17-20-18(19)22-21-17/h19H,2-16H2,1H3. The van der Waals surface area contributed by atoms with E-state index in [0.29, 0.717) is 0 Å². The predicted octanol–water partition coefficient (Wildman–Crippen LogP) is 6.66. The summed E-state index contributed by atoms with van der Waals surface area (Å²) in [5, 5.41) is 14.7. The summed E-state index contributed by atoms with van der Waals surface area (Å²) in [5.74, 6) is 0.796. The molecule has 4 heteroatoms. The van der Waals surface area contributed by atoms with E-state index >= 15 is 0 Å². The van der Waals surface area contributed by atoms with Gasteiger partial charge in [0.05, 0.1) is 0 Å². The molecule has 1 aliphatic rings. The number of guanidine groups is 1. The topological polar surface area (TPSA) is 60.9 Å². The third kappa shape index (κ3) is 10.6. The Morgan fingerprint density at radius 2 is 1.09 bits per heavy atom. The van der Waals surface area contributed by atoms with E-state index in [9.17, 15) is 0 Å². The molecule has 0 radical (unpaired) electrons. The van der Waals surface area contributed by atoms with Gasteiger partial charge in [-0.2, -0.15) is 4.99 Å². The summed E-state index contributed by atoms with van der Waals surface area (Å²) in [4.78, 5) is 3.95. The fourth-order valence-corrected chi connectivity index (χ4v) is 2.86. The lowest BCUT2D eigenvalue weighted by atomic mass is 10.0. The second-order valence-electron chi connectivity index (χ2n) is 6.40. The van der Waals surface area contributed by atoms with Gasteiger partial charge in [-0.05, 0) is 6.42 Å². The van der Waals surface area contributed by atoms with Crippen LogP contribution >= 0.6 is 0 Å². The molecule has 1 aliphatic heterocycles. The summed E-state index contributed by atoms with van der Waals surface area (Å²) in [6, 6.07) is 0. The number of hydrogen-bond acceptors (Lipinski definition) is 2. The molecule has 1 heterocycles. The second-order valence-corrected chi connectivity index (χ2v) is 6.40. The fraction of sp³-hybridized carbons (Fsp3) is 0.889. The van der Waals surface area contributed by atoms with Crippen molar-refractivity contribution in [1.82, 2.24) is 0 Å². The van der Waals surface area contributed by atoms with Crippen LogP contribution in [0.5, 0.6) is 0 Å². The average Bonchev–Trinajstić information content (AvgIpc) is 2.93. The van der Waals surface area contributed by atoms with E-state index in [1.54, 1.807) is 0 Å². The van der Waals surface area contributed by atoms with Gasteiger partial charge in [-0.25, -0.2) is 0 Å². The van der Waals surface area contributed by atoms with Gasteiger partial charge in [0, 0.05) is 6.42 Å². The molecule has 0 saturated carbocycles. The number of aliphatic imine (C=N–C) groups is 1. The molecular weight excluding hydrogens is 272 g/mol. The Morgan fingerprint density at radius 1 is 0.636 bits per heavy atom. The molecule has 1 rings (SSSR count). The largest absolute Gasteiger partial charge is 0.264 e. The summed E-state index contributed by atoms with van der Waals surface area (Å²) < 4.78 is 0. The van der Waals surface area contributed by atoms with Crippen LogP contribution in [0.3, 0.4) is 0 Å². The Labute approximate surface area is 136 Å². The van der Waals surface area contributed by atoms with E-state index in [2.05, 4.69) is 22.1 Å². The quantitative estimate of drug-likeness (QED) is 0.329. The molecule has 0 amide bonds. The normalized spacial score (nSPS) is 13.9. The maximum Gasteiger partial charge on any atom is 0.263 e. The molecule has 126 valence electrons. The van der Waals surface area contributed by atoms with E-state index in [4.69, 9.17) is 5.41 Å². The lowest BCUT2D eigenvalue weighted by Crippen LogP contribution is -1.91. The van der Waals surface area contributed by atoms with Crippen molar-refractivity contribution in [1.29, 1.82) is 5.41 Å². The van der Waals surface area contributed by atoms with Gasteiger partial charge in [-0.15, -0.1) is 10.2 Å². The zero-order chi connectivity index (χ0) is 15.9. The van der Waals surface area contributed by atoms with Crippen LogP contribution in [0.15, 0.2) is 15.2 Å². The maximum absolute atomic E-state index is 7.21. The summed E-state index contributed by atoms with van der Waals surface area (Å²) >= 11 is 0. The lowest BCUT2D eigenvalue weighted by molar-refractivity contribution is 0.537. The first-order valence-electron chi connectivity index (χ1n) is 9.41. The van der Waals surface area contributed by atoms with Crippen LogP contribution in [0.2, 0.25) is 0 Å². The van der Waals surface area contributed by atoms with Gasteiger partial charge in [-0.3, -0.25) is 5.41 Å². The van der Waals surface area contributed by atoms with Crippen molar-refractivity contribution in [3.05, 3.63) is 0 Å². The van der Waals surface area contributed by atoms with Gasteiger partial charge >= 0.3 is 0 Å². The van der Waals surface area contributed by atoms with Crippen molar-refractivity contribution < 1.29 is 0 Å². The number of azo groups is 1. The van der Waals surface area contributed by atoms with E-state index in [1.165, 1.54) is 83.5 Å². The molecule has 0 aromatic heterocycles. The minimum absolute atomic E-state index is 0.0559. The molecular formula is C18H34N4. The highest BCUT2D eigenvalue weighted by atomic mass is 15.3. The molecule has 0 unspecified atom stereocenters. The first-order chi connectivity index (χ1) is 10.8. The van der Waals surface area contributed by atoms with Crippen molar-refractivity contribution in [3.63, 3.8) is 0 Å². The second kappa shape index (κ2) is 13.6. The highest BCUT2D eigenvalue weighted by Gasteiger charge is 2.06. The highest BCUT2D eigenvalue weighted by molar-refractivity contribution is 5.99. The first-order valence-corrected chi connectivity index (χ1v) is 9.41. The van der Waals surface area contributed by atoms with Gasteiger partial charge in [0.15, 0.2) is 5.84 Å². The molecule has 0 aromatic rings. The van der Waals surface area contributed by atoms with Crippen LogP contribution in [-0.4, -0.2) is 11.8 Å². The number of rotatable bonds is 15. The molecule has 0 bridgehead atoms. The van der Waals surface area contributed by atoms with Crippen molar-refractivity contribution in [2.45, 2.75) is 103 Å². The monoisotopic (exact) mass is 306 g/mol. The van der Waals surface area contributed by atoms with Crippen molar-refractivity contribution in [3.8, 4) is 0 Å². The number of unbranched alkanes of at least 4 members (excludes halogenated alkanes) is 13. The molecule has 0 aliphatic carbocycles. The number of hydrogen-bond donors (Lipinski definition) is 1. The zero-order valence-corrected chi connectivity index (χ0v) is 14.4. The fourth-order valence-electron chi connectivity index (χ4n) is 2.86. The van der Waals surface area contributed by atoms with Gasteiger partial charge in [-0.1, -0.05) is 90.4 Å². The molecule has 22 heavy (non-hydrogen) atoms. The maximum atomic E-state index is 7.21. The Morgan fingerprint density at radius 3 is 1.50 bits per heavy atom. The van der Waals surface area contributed by atoms with Crippen LogP contribution in [0.1, 0.15) is 103 Å². The van der Waals surface area contributed by atoms with Crippen molar-refractivity contribution in [2.75, 3.05) is 0 Å². The Hall–Kier alpha value is -1.06. The van der Waals surface area contributed by atoms with E-state index in [1.807, 2.05) is 0 Å². The number of nitrogens with one attached hydrogen (secondary N) is 1. The third-order valence-corrected chi connectivity index (χ3v) is 4.25. The molecule has 0 atom stereocenters. The van der Waals surface area contributed by atoms with Crippen LogP contribution in [0.25, 0.3) is 0 Å². The third-order valence-electron chi connectivity index (χ3n) is 4.25. The minimum Gasteiger partial charge on any atom is -0.264 e. The molecule has 4 nitrogen and oxygen atoms in total. The average molecular weight is 306 g/mol. The van der Waals surface area contributed by atoms with Gasteiger partial charge in [0.25, 0.3) is 5.96 Å². The highest BCUT2D eigenvalue weighted by Crippen LogP contribution is 2.14. The van der Waals surface area contributed by atoms with Crippen LogP contribution < -0.4 is 0 Å². The summed E-state index contributed by atoms with van der Waals surface area (Å²) in [7, 11) is 0. The minimum atomic E-state index is 0.0559. The van der Waals surface area contributed by atoms with Gasteiger partial charge in [0.1, 0.15) is 0 Å². The molecule has 1 N–H and O–H groups in total. The van der Waals surface area contributed by atoms with Crippen LogP contribution in [-0.2, 0) is 0 Å². The summed E-state index contributed by atoms with van der Waals surface area (Å²) in [6.45, 7) is 2.28. The van der Waals surface area contributed by atoms with E-state index < -0.39 is 0 Å². The Bertz CT molecular complexity index is 347. The van der Waals surface area contributed by atoms with Crippen molar-refractivity contribution >= 4 is 11.8 Å². The van der Waals surface area contributed by atoms with Gasteiger partial charge in [0.2, 0.25) is 0 Å². The number of amidine groups is 1. The zero-order valence-electron chi connectivity index (χ0n) is 14.4. The smallest absolute Gasteiger partial charge is 0.263 e. The lowest BCUT2D eigenvalue weighted by Gasteiger charge is -2.03. The van der Waals surface area contributed by atoms with Crippen molar-refractivity contribution in [2.24, 2.45) is 15.2 Å². The first kappa shape index (κ1) is 19.0. The van der Waals surface area contributed by atoms with E-state index in [0.717, 1.165) is 18.7 Å². The summed E-state index contributed by atoms with van der Waals surface area (Å²) in [6.07, 6.45) is 20.1.